The Morgan fingerprint density at radius 1 is 1.11 bits per heavy atom. The fourth-order valence-corrected chi connectivity index (χ4v) is 3.58. The molecule has 0 unspecified atom stereocenters. The molecule has 0 radical (unpaired) electrons. The molecule has 7 nitrogen and oxygen atoms in total. The number of aromatic amines is 1. The molecule has 1 aliphatic rings. The van der Waals surface area contributed by atoms with Crippen molar-refractivity contribution in [2.24, 2.45) is 0 Å². The molecule has 1 N–H and O–H groups in total. The standard InChI is InChI=1S/C20H21N5O2/c1-14-12-24(20(27)16-8-5-9-19(26)21-16)13-18-23-22-17(25(14)18)11-10-15-6-3-2-4-7-15/h2-9,14H,10-13H2,1H3,(H,21,26)/t14-/m0/s1. The second-order valence-corrected chi connectivity index (χ2v) is 6.85. The molecule has 138 valence electrons. The average molecular weight is 363 g/mol. The van der Waals surface area contributed by atoms with E-state index in [1.165, 1.54) is 11.6 Å². The van der Waals surface area contributed by atoms with Gasteiger partial charge < -0.3 is 14.5 Å². The van der Waals surface area contributed by atoms with Crippen molar-refractivity contribution >= 4 is 5.91 Å². The van der Waals surface area contributed by atoms with Crippen LogP contribution in [-0.2, 0) is 19.4 Å². The molecule has 4 rings (SSSR count). The summed E-state index contributed by atoms with van der Waals surface area (Å²) in [6.45, 7) is 3.00. The number of carbonyl (C=O) groups excluding carboxylic acids is 1. The van der Waals surface area contributed by atoms with Crippen molar-refractivity contribution in [3.8, 4) is 0 Å². The number of amides is 1. The molecule has 0 saturated carbocycles. The zero-order chi connectivity index (χ0) is 18.8. The van der Waals surface area contributed by atoms with Gasteiger partial charge in [0.25, 0.3) is 5.91 Å². The normalized spacial score (nSPS) is 16.2. The molecule has 7 heteroatoms. The molecule has 3 heterocycles. The monoisotopic (exact) mass is 363 g/mol. The van der Waals surface area contributed by atoms with Crippen molar-refractivity contribution in [1.29, 1.82) is 0 Å². The van der Waals surface area contributed by atoms with Gasteiger partial charge in [-0.05, 0) is 25.0 Å². The number of H-pyrrole nitrogens is 1. The van der Waals surface area contributed by atoms with Gasteiger partial charge in [-0.2, -0.15) is 0 Å². The molecule has 3 aromatic rings. The van der Waals surface area contributed by atoms with E-state index in [9.17, 15) is 9.59 Å². The second-order valence-electron chi connectivity index (χ2n) is 6.85. The number of aromatic nitrogens is 4. The first-order valence-electron chi connectivity index (χ1n) is 9.07. The van der Waals surface area contributed by atoms with Gasteiger partial charge in [-0.1, -0.05) is 36.4 Å². The van der Waals surface area contributed by atoms with Gasteiger partial charge >= 0.3 is 0 Å². The van der Waals surface area contributed by atoms with Gasteiger partial charge in [-0.15, -0.1) is 10.2 Å². The minimum atomic E-state index is -0.280. The minimum absolute atomic E-state index is 0.0777. The lowest BCUT2D eigenvalue weighted by Gasteiger charge is -2.32. The van der Waals surface area contributed by atoms with Gasteiger partial charge in [0.15, 0.2) is 5.82 Å². The van der Waals surface area contributed by atoms with Crippen molar-refractivity contribution in [3.05, 3.63) is 81.8 Å². The van der Waals surface area contributed by atoms with E-state index >= 15 is 0 Å². The summed E-state index contributed by atoms with van der Waals surface area (Å²) in [5.41, 5.74) is 1.28. The van der Waals surface area contributed by atoms with Crippen LogP contribution in [0.2, 0.25) is 0 Å². The summed E-state index contributed by atoms with van der Waals surface area (Å²) in [6, 6.07) is 15.0. The van der Waals surface area contributed by atoms with Crippen molar-refractivity contribution in [2.75, 3.05) is 6.54 Å². The van der Waals surface area contributed by atoms with Crippen LogP contribution in [0.5, 0.6) is 0 Å². The Labute approximate surface area is 156 Å². The molecular formula is C20H21N5O2. The van der Waals surface area contributed by atoms with Crippen LogP contribution in [0.15, 0.2) is 53.3 Å². The van der Waals surface area contributed by atoms with Gasteiger partial charge in [0, 0.05) is 19.0 Å². The molecule has 1 amide bonds. The summed E-state index contributed by atoms with van der Waals surface area (Å²) < 4.78 is 2.14. The summed E-state index contributed by atoms with van der Waals surface area (Å²) in [5.74, 6) is 1.53. The van der Waals surface area contributed by atoms with Crippen LogP contribution in [0.3, 0.4) is 0 Å². The number of rotatable bonds is 4. The van der Waals surface area contributed by atoms with E-state index in [1.54, 1.807) is 17.0 Å². The van der Waals surface area contributed by atoms with Crippen LogP contribution in [0, 0.1) is 0 Å². The van der Waals surface area contributed by atoms with Gasteiger partial charge in [0.1, 0.15) is 11.5 Å². The molecule has 0 fully saturated rings. The topological polar surface area (TPSA) is 83.9 Å². The Bertz CT molecular complexity index is 1010. The Kier molecular flexibility index (Phi) is 4.58. The molecule has 0 saturated heterocycles. The quantitative estimate of drug-likeness (QED) is 0.768. The maximum absolute atomic E-state index is 12.7. The van der Waals surface area contributed by atoms with Gasteiger partial charge in [-0.3, -0.25) is 9.59 Å². The molecular weight excluding hydrogens is 342 g/mol. The average Bonchev–Trinajstić information content (AvgIpc) is 3.10. The SMILES string of the molecule is C[C@H]1CN(C(=O)c2cccc(=O)[nH]2)Cc2nnc(CCc3ccccc3)n21. The number of nitrogens with one attached hydrogen (secondary N) is 1. The number of nitrogens with zero attached hydrogens (tertiary/aromatic N) is 4. The maximum atomic E-state index is 12.7. The van der Waals surface area contributed by atoms with E-state index in [2.05, 4.69) is 38.8 Å². The second kappa shape index (κ2) is 7.19. The fourth-order valence-electron chi connectivity index (χ4n) is 3.58. The van der Waals surface area contributed by atoms with Crippen molar-refractivity contribution in [2.45, 2.75) is 32.4 Å². The highest BCUT2D eigenvalue weighted by molar-refractivity contribution is 5.92. The van der Waals surface area contributed by atoms with E-state index in [1.807, 2.05) is 18.2 Å². The van der Waals surface area contributed by atoms with Crippen LogP contribution in [0.25, 0.3) is 0 Å². The summed E-state index contributed by atoms with van der Waals surface area (Å²) in [5, 5.41) is 8.67. The largest absolute Gasteiger partial charge is 0.328 e. The van der Waals surface area contributed by atoms with Crippen LogP contribution < -0.4 is 5.56 Å². The Hall–Kier alpha value is -3.22. The predicted octanol–water partition coefficient (Wildman–Crippen LogP) is 1.97. The third kappa shape index (κ3) is 3.53. The van der Waals surface area contributed by atoms with Gasteiger partial charge in [-0.25, -0.2) is 0 Å². The highest BCUT2D eigenvalue weighted by Gasteiger charge is 2.29. The smallest absolute Gasteiger partial charge is 0.270 e. The van der Waals surface area contributed by atoms with E-state index in [4.69, 9.17) is 0 Å². The number of benzene rings is 1. The number of hydrogen-bond acceptors (Lipinski definition) is 4. The molecule has 2 aromatic heterocycles. The van der Waals surface area contributed by atoms with Crippen molar-refractivity contribution in [3.63, 3.8) is 0 Å². The first-order valence-corrected chi connectivity index (χ1v) is 9.07. The van der Waals surface area contributed by atoms with E-state index < -0.39 is 0 Å². The van der Waals surface area contributed by atoms with Crippen LogP contribution in [-0.4, -0.2) is 37.1 Å². The molecule has 0 spiro atoms. The minimum Gasteiger partial charge on any atom is -0.328 e. The van der Waals surface area contributed by atoms with E-state index in [-0.39, 0.29) is 17.5 Å². The van der Waals surface area contributed by atoms with Gasteiger partial charge in [0.2, 0.25) is 5.56 Å². The third-order valence-corrected chi connectivity index (χ3v) is 4.86. The zero-order valence-electron chi connectivity index (χ0n) is 15.1. The maximum Gasteiger partial charge on any atom is 0.270 e. The van der Waals surface area contributed by atoms with E-state index in [0.717, 1.165) is 24.5 Å². The first-order chi connectivity index (χ1) is 13.1. The van der Waals surface area contributed by atoms with E-state index in [0.29, 0.717) is 18.8 Å². The fraction of sp³-hybridized carbons (Fsp3) is 0.300. The lowest BCUT2D eigenvalue weighted by Crippen LogP contribution is -2.41. The third-order valence-electron chi connectivity index (χ3n) is 4.86. The number of carbonyl (C=O) groups is 1. The molecule has 1 aliphatic heterocycles. The number of aryl methyl sites for hydroxylation is 2. The van der Waals surface area contributed by atoms with Crippen LogP contribution in [0.1, 0.15) is 40.7 Å². The number of pyridine rings is 1. The Morgan fingerprint density at radius 2 is 1.93 bits per heavy atom. The first kappa shape index (κ1) is 17.2. The molecule has 0 bridgehead atoms. The summed E-state index contributed by atoms with van der Waals surface area (Å²) in [6.07, 6.45) is 1.71. The molecule has 0 aliphatic carbocycles. The highest BCUT2D eigenvalue weighted by atomic mass is 16.2. The lowest BCUT2D eigenvalue weighted by molar-refractivity contribution is 0.0673. The number of fused-ring (bicyclic) bond motifs is 1. The summed E-state index contributed by atoms with van der Waals surface area (Å²) >= 11 is 0. The van der Waals surface area contributed by atoms with Crippen molar-refractivity contribution < 1.29 is 4.79 Å². The summed E-state index contributed by atoms with van der Waals surface area (Å²) in [7, 11) is 0. The Morgan fingerprint density at radius 3 is 2.70 bits per heavy atom. The van der Waals surface area contributed by atoms with Gasteiger partial charge in [0.05, 0.1) is 12.6 Å². The number of hydrogen-bond donors (Lipinski definition) is 1. The Balaban J connectivity index is 1.51. The lowest BCUT2D eigenvalue weighted by atomic mass is 10.1. The van der Waals surface area contributed by atoms with Crippen LogP contribution in [0.4, 0.5) is 0 Å². The zero-order valence-corrected chi connectivity index (χ0v) is 15.1. The molecule has 1 aromatic carbocycles. The van der Waals surface area contributed by atoms with Crippen molar-refractivity contribution in [1.82, 2.24) is 24.6 Å². The predicted molar refractivity (Wildman–Crippen MR) is 100 cm³/mol. The molecule has 1 atom stereocenters. The van der Waals surface area contributed by atoms with Crippen LogP contribution >= 0.6 is 0 Å². The summed E-state index contributed by atoms with van der Waals surface area (Å²) in [4.78, 5) is 28.5. The molecule has 27 heavy (non-hydrogen) atoms. The highest BCUT2D eigenvalue weighted by Crippen LogP contribution is 2.23.